The van der Waals surface area contributed by atoms with E-state index in [1.807, 2.05) is 0 Å². The van der Waals surface area contributed by atoms with Crippen LogP contribution in [0.2, 0.25) is 0 Å². The van der Waals surface area contributed by atoms with Crippen molar-refractivity contribution in [3.05, 3.63) is 0 Å². The number of aliphatic hydroxyl groups is 3. The van der Waals surface area contributed by atoms with Crippen molar-refractivity contribution in [2.45, 2.75) is 82.4 Å². The second kappa shape index (κ2) is 15.3. The van der Waals surface area contributed by atoms with E-state index < -0.39 is 91.5 Å². The van der Waals surface area contributed by atoms with Crippen LogP contribution < -0.4 is 51.2 Å². The molecule has 8 atom stereocenters. The van der Waals surface area contributed by atoms with E-state index in [9.17, 15) is 39.3 Å². The van der Waals surface area contributed by atoms with E-state index >= 15 is 0 Å². The van der Waals surface area contributed by atoms with Crippen LogP contribution in [0.3, 0.4) is 0 Å². The molecule has 16 heteroatoms. The standard InChI is InChI=1S/C19H32N4O11.Na/c1-7(17(30)23-10(16(20)29)4-5-12(26)27)21-18(31)8(2)33-15-13(22-9(3)25)19(32)34-11(6-24)14(15)28;/h7-8,10-11,13-15,19,24,28,32H,4-6H2,1-3H3,(H2,20,29)(H,21,31)(H,22,25)(H,23,30)(H,26,27);/q;+1/t7-,8+,10+,11+,13+,14+,15+,19?;/m0./s1. The molecule has 1 aliphatic heterocycles. The van der Waals surface area contributed by atoms with Gasteiger partial charge < -0.3 is 51.6 Å². The zero-order valence-electron chi connectivity index (χ0n) is 20.0. The average molecular weight is 515 g/mol. The number of carboxylic acids is 1. The summed E-state index contributed by atoms with van der Waals surface area (Å²) >= 11 is 0. The number of rotatable bonds is 12. The van der Waals surface area contributed by atoms with Gasteiger partial charge in [-0.2, -0.15) is 0 Å². The Morgan fingerprint density at radius 2 is 1.69 bits per heavy atom. The molecule has 1 unspecified atom stereocenters. The van der Waals surface area contributed by atoms with Crippen LogP contribution in [0.25, 0.3) is 0 Å². The number of nitrogens with two attached hydrogens (primary N) is 1. The van der Waals surface area contributed by atoms with Crippen molar-refractivity contribution in [1.82, 2.24) is 16.0 Å². The van der Waals surface area contributed by atoms with Crippen LogP contribution in [-0.4, -0.2) is 105 Å². The first-order valence-electron chi connectivity index (χ1n) is 10.4. The molecule has 9 N–H and O–H groups in total. The number of ether oxygens (including phenoxy) is 2. The molecule has 0 aromatic rings. The number of hydrogen-bond donors (Lipinski definition) is 8. The van der Waals surface area contributed by atoms with Gasteiger partial charge in [-0.05, 0) is 20.3 Å². The zero-order chi connectivity index (χ0) is 26.2. The first kappa shape index (κ1) is 33.1. The van der Waals surface area contributed by atoms with Gasteiger partial charge in [-0.1, -0.05) is 0 Å². The van der Waals surface area contributed by atoms with E-state index in [1.165, 1.54) is 13.8 Å². The number of aliphatic carboxylic acids is 1. The molecule has 0 aromatic carbocycles. The molecule has 1 heterocycles. The predicted octanol–water partition coefficient (Wildman–Crippen LogP) is -7.32. The third-order valence-electron chi connectivity index (χ3n) is 5.03. The first-order valence-corrected chi connectivity index (χ1v) is 10.4. The summed E-state index contributed by atoms with van der Waals surface area (Å²) in [4.78, 5) is 58.4. The molecule has 0 spiro atoms. The summed E-state index contributed by atoms with van der Waals surface area (Å²) < 4.78 is 10.6. The summed E-state index contributed by atoms with van der Waals surface area (Å²) in [5.41, 5.74) is 5.16. The number of carbonyl (C=O) groups excluding carboxylic acids is 4. The Kier molecular flexibility index (Phi) is 14.5. The Bertz CT molecular complexity index is 771. The fraction of sp³-hybridized carbons (Fsp3) is 0.737. The molecule has 4 amide bonds. The van der Waals surface area contributed by atoms with Gasteiger partial charge in [-0.25, -0.2) is 0 Å². The molecule has 15 nitrogen and oxygen atoms in total. The molecule has 1 saturated heterocycles. The van der Waals surface area contributed by atoms with E-state index in [2.05, 4.69) is 16.0 Å². The van der Waals surface area contributed by atoms with Crippen LogP contribution in [0.1, 0.15) is 33.6 Å². The molecular weight excluding hydrogens is 483 g/mol. The normalized spacial score (nSPS) is 26.3. The maximum absolute atomic E-state index is 12.5. The SMILES string of the molecule is CC(=O)N[C@H]1C(O)O[C@H](CO)[C@@H](O)[C@@H]1O[C@H](C)C(=O)N[C@@H](C)C(=O)N[C@H](CCC(=O)O)C(N)=O.[Na+]. The number of nitrogens with one attached hydrogen (secondary N) is 3. The zero-order valence-corrected chi connectivity index (χ0v) is 22.0. The third-order valence-corrected chi connectivity index (χ3v) is 5.03. The molecule has 0 aliphatic carbocycles. The Labute approximate surface area is 223 Å². The van der Waals surface area contributed by atoms with Gasteiger partial charge >= 0.3 is 35.5 Å². The maximum atomic E-state index is 12.5. The maximum Gasteiger partial charge on any atom is 1.00 e. The molecule has 1 rings (SSSR count). The Balaban J connectivity index is 0.0000116. The van der Waals surface area contributed by atoms with Gasteiger partial charge in [-0.15, -0.1) is 0 Å². The third kappa shape index (κ3) is 10.3. The number of amides is 4. The van der Waals surface area contributed by atoms with Crippen molar-refractivity contribution in [1.29, 1.82) is 0 Å². The second-order valence-corrected chi connectivity index (χ2v) is 7.83. The van der Waals surface area contributed by atoms with E-state index in [4.69, 9.17) is 20.3 Å². The molecule has 0 saturated carbocycles. The van der Waals surface area contributed by atoms with E-state index in [1.54, 1.807) is 0 Å². The predicted molar refractivity (Wildman–Crippen MR) is 112 cm³/mol. The van der Waals surface area contributed by atoms with E-state index in [0.717, 1.165) is 6.92 Å². The van der Waals surface area contributed by atoms with Gasteiger partial charge in [0.15, 0.2) is 6.29 Å². The molecule has 194 valence electrons. The smallest absolute Gasteiger partial charge is 0.481 e. The van der Waals surface area contributed by atoms with Crippen LogP contribution in [0.5, 0.6) is 0 Å². The molecule has 1 aliphatic rings. The number of carbonyl (C=O) groups is 5. The van der Waals surface area contributed by atoms with Gasteiger partial charge in [0.25, 0.3) is 0 Å². The van der Waals surface area contributed by atoms with Gasteiger partial charge in [0, 0.05) is 13.3 Å². The van der Waals surface area contributed by atoms with Crippen LogP contribution in [0, 0.1) is 0 Å². The molecule has 1 fully saturated rings. The molecule has 0 aromatic heterocycles. The summed E-state index contributed by atoms with van der Waals surface area (Å²) in [5.74, 6) is -4.34. The topological polar surface area (TPSA) is 247 Å². The minimum absolute atomic E-state index is 0. The minimum Gasteiger partial charge on any atom is -0.481 e. The summed E-state index contributed by atoms with van der Waals surface area (Å²) in [5, 5.41) is 45.5. The molecule has 0 bridgehead atoms. The summed E-state index contributed by atoms with van der Waals surface area (Å²) in [6, 6.07) is -3.71. The van der Waals surface area contributed by atoms with E-state index in [0.29, 0.717) is 0 Å². The van der Waals surface area contributed by atoms with Crippen molar-refractivity contribution in [3.63, 3.8) is 0 Å². The van der Waals surface area contributed by atoms with Gasteiger partial charge in [0.05, 0.1) is 6.61 Å². The number of primary amides is 1. The van der Waals surface area contributed by atoms with Crippen molar-refractivity contribution >= 4 is 29.6 Å². The summed E-state index contributed by atoms with van der Waals surface area (Å²) in [6.07, 6.45) is -7.74. The Morgan fingerprint density at radius 1 is 1.09 bits per heavy atom. The summed E-state index contributed by atoms with van der Waals surface area (Å²) in [6.45, 7) is 3.06. The monoisotopic (exact) mass is 515 g/mol. The summed E-state index contributed by atoms with van der Waals surface area (Å²) in [7, 11) is 0. The molecule has 35 heavy (non-hydrogen) atoms. The van der Waals surface area contributed by atoms with Gasteiger partial charge in [-0.3, -0.25) is 24.0 Å². The molecular formula is C19H32N4NaO11+. The van der Waals surface area contributed by atoms with Crippen molar-refractivity contribution < 1.29 is 83.4 Å². The van der Waals surface area contributed by atoms with Crippen molar-refractivity contribution in [3.8, 4) is 0 Å². The number of aliphatic hydroxyl groups excluding tert-OH is 3. The number of hydrogen-bond acceptors (Lipinski definition) is 10. The fourth-order valence-corrected chi connectivity index (χ4v) is 3.18. The largest absolute Gasteiger partial charge is 1.00 e. The van der Waals surface area contributed by atoms with Gasteiger partial charge in [0.2, 0.25) is 23.6 Å². The van der Waals surface area contributed by atoms with Crippen molar-refractivity contribution in [2.24, 2.45) is 5.73 Å². The first-order chi connectivity index (χ1) is 15.8. The quantitative estimate of drug-likeness (QED) is 0.113. The van der Waals surface area contributed by atoms with Crippen LogP contribution in [-0.2, 0) is 33.4 Å². The average Bonchev–Trinajstić information content (AvgIpc) is 2.74. The number of carboxylic acid groups (broad SMARTS) is 1. The van der Waals surface area contributed by atoms with Crippen LogP contribution in [0.15, 0.2) is 0 Å². The van der Waals surface area contributed by atoms with Gasteiger partial charge in [0.1, 0.15) is 42.5 Å². The minimum atomic E-state index is -1.65. The van der Waals surface area contributed by atoms with E-state index in [-0.39, 0.29) is 36.0 Å². The second-order valence-electron chi connectivity index (χ2n) is 7.83. The van der Waals surface area contributed by atoms with Crippen LogP contribution in [0.4, 0.5) is 0 Å². The van der Waals surface area contributed by atoms with Crippen molar-refractivity contribution in [2.75, 3.05) is 6.61 Å². The molecule has 0 radical (unpaired) electrons. The fourth-order valence-electron chi connectivity index (χ4n) is 3.18. The Hall–Kier alpha value is -1.85. The van der Waals surface area contributed by atoms with Crippen LogP contribution >= 0.6 is 0 Å². The Morgan fingerprint density at radius 3 is 2.17 bits per heavy atom.